The number of halogens is 1. The molecule has 0 aliphatic heterocycles. The van der Waals surface area contributed by atoms with Gasteiger partial charge in [-0.2, -0.15) is 0 Å². The molecule has 0 amide bonds. The number of pyridine rings is 1. The largest absolute Gasteiger partial charge is 0.370 e. The second-order valence-electron chi connectivity index (χ2n) is 4.98. The molecule has 0 spiro atoms. The van der Waals surface area contributed by atoms with Crippen molar-refractivity contribution in [2.45, 2.75) is 13.8 Å². The van der Waals surface area contributed by atoms with Gasteiger partial charge in [0.15, 0.2) is 0 Å². The maximum Gasteiger partial charge on any atom is 0.131 e. The minimum atomic E-state index is 0.557. The Morgan fingerprint density at radius 3 is 2.53 bits per heavy atom. The van der Waals surface area contributed by atoms with Crippen LogP contribution in [0.2, 0.25) is 5.15 Å². The summed E-state index contributed by atoms with van der Waals surface area (Å²) in [6, 6.07) is 3.95. The van der Waals surface area contributed by atoms with Crippen LogP contribution in [0.5, 0.6) is 0 Å². The molecule has 0 aromatic carbocycles. The maximum absolute atomic E-state index is 5.94. The highest BCUT2D eigenvalue weighted by atomic mass is 35.5. The van der Waals surface area contributed by atoms with Crippen molar-refractivity contribution < 1.29 is 0 Å². The Hall–Kier alpha value is -0.800. The predicted octanol–water partition coefficient (Wildman–Crippen LogP) is 2.76. The number of anilines is 1. The second kappa shape index (κ2) is 6.82. The molecule has 0 unspecified atom stereocenters. The van der Waals surface area contributed by atoms with E-state index in [0.717, 1.165) is 25.3 Å². The molecular formula is C13H22ClN3. The summed E-state index contributed by atoms with van der Waals surface area (Å²) in [5.41, 5.74) is 1.15. The van der Waals surface area contributed by atoms with E-state index in [1.54, 1.807) is 6.20 Å². The summed E-state index contributed by atoms with van der Waals surface area (Å²) < 4.78 is 0. The van der Waals surface area contributed by atoms with E-state index in [9.17, 15) is 0 Å². The van der Waals surface area contributed by atoms with Gasteiger partial charge in [0.1, 0.15) is 5.15 Å². The third kappa shape index (κ3) is 5.37. The van der Waals surface area contributed by atoms with E-state index in [1.165, 1.54) is 0 Å². The highest BCUT2D eigenvalue weighted by Gasteiger charge is 2.09. The van der Waals surface area contributed by atoms with Gasteiger partial charge in [0.25, 0.3) is 0 Å². The minimum Gasteiger partial charge on any atom is -0.370 e. The fraction of sp³-hybridized carbons (Fsp3) is 0.615. The van der Waals surface area contributed by atoms with E-state index in [1.807, 2.05) is 12.1 Å². The zero-order chi connectivity index (χ0) is 12.8. The summed E-state index contributed by atoms with van der Waals surface area (Å²) in [5, 5.41) is 0.557. The van der Waals surface area contributed by atoms with Gasteiger partial charge < -0.3 is 9.80 Å². The molecule has 0 saturated heterocycles. The monoisotopic (exact) mass is 255 g/mol. The Labute approximate surface area is 109 Å². The number of likely N-dealkylation sites (N-methyl/N-ethyl adjacent to an activating group) is 1. The molecule has 0 bridgehead atoms. The quantitative estimate of drug-likeness (QED) is 0.729. The van der Waals surface area contributed by atoms with Crippen LogP contribution in [-0.2, 0) is 0 Å². The van der Waals surface area contributed by atoms with Gasteiger partial charge in [0, 0.05) is 31.5 Å². The average Bonchev–Trinajstić information content (AvgIpc) is 2.23. The molecule has 1 rings (SSSR count). The van der Waals surface area contributed by atoms with Gasteiger partial charge in [-0.3, -0.25) is 0 Å². The predicted molar refractivity (Wildman–Crippen MR) is 74.9 cm³/mol. The Morgan fingerprint density at radius 2 is 2.00 bits per heavy atom. The van der Waals surface area contributed by atoms with Crippen LogP contribution in [-0.4, -0.2) is 43.6 Å². The molecule has 0 N–H and O–H groups in total. The Bertz CT molecular complexity index is 339. The summed E-state index contributed by atoms with van der Waals surface area (Å²) in [6.45, 7) is 7.53. The summed E-state index contributed by atoms with van der Waals surface area (Å²) in [4.78, 5) is 8.57. The van der Waals surface area contributed by atoms with Crippen molar-refractivity contribution in [3.63, 3.8) is 0 Å². The van der Waals surface area contributed by atoms with E-state index < -0.39 is 0 Å². The smallest absolute Gasteiger partial charge is 0.131 e. The lowest BCUT2D eigenvalue weighted by atomic mass is 10.2. The average molecular weight is 256 g/mol. The lowest BCUT2D eigenvalue weighted by Gasteiger charge is -2.28. The molecule has 0 aliphatic rings. The topological polar surface area (TPSA) is 19.4 Å². The van der Waals surface area contributed by atoms with E-state index in [0.29, 0.717) is 11.1 Å². The SMILES string of the molecule is CC(C)CN(CCN(C)C)c1ccnc(Cl)c1. The van der Waals surface area contributed by atoms with Crippen molar-refractivity contribution in [1.82, 2.24) is 9.88 Å². The van der Waals surface area contributed by atoms with Gasteiger partial charge in [-0.15, -0.1) is 0 Å². The minimum absolute atomic E-state index is 0.557. The van der Waals surface area contributed by atoms with Crippen LogP contribution in [0.25, 0.3) is 0 Å². The molecule has 0 atom stereocenters. The Balaban J connectivity index is 2.74. The van der Waals surface area contributed by atoms with Crippen molar-refractivity contribution in [2.75, 3.05) is 38.6 Å². The standard InChI is InChI=1S/C13H22ClN3/c1-11(2)10-17(8-7-16(3)4)12-5-6-15-13(14)9-12/h5-6,9,11H,7-8,10H2,1-4H3. The van der Waals surface area contributed by atoms with Crippen molar-refractivity contribution >= 4 is 17.3 Å². The first-order valence-corrected chi connectivity index (χ1v) is 6.38. The maximum atomic E-state index is 5.94. The van der Waals surface area contributed by atoms with Gasteiger partial charge in [-0.25, -0.2) is 4.98 Å². The Morgan fingerprint density at radius 1 is 1.29 bits per heavy atom. The molecule has 4 heteroatoms. The second-order valence-corrected chi connectivity index (χ2v) is 5.37. The molecule has 17 heavy (non-hydrogen) atoms. The molecule has 1 heterocycles. The van der Waals surface area contributed by atoms with Crippen LogP contribution >= 0.6 is 11.6 Å². The van der Waals surface area contributed by atoms with Gasteiger partial charge in [-0.05, 0) is 32.1 Å². The van der Waals surface area contributed by atoms with Crippen molar-refractivity contribution in [3.05, 3.63) is 23.5 Å². The van der Waals surface area contributed by atoms with Crippen LogP contribution in [0.3, 0.4) is 0 Å². The number of hydrogen-bond acceptors (Lipinski definition) is 3. The number of rotatable bonds is 6. The van der Waals surface area contributed by atoms with Gasteiger partial charge in [-0.1, -0.05) is 25.4 Å². The first-order valence-electron chi connectivity index (χ1n) is 6.00. The molecule has 96 valence electrons. The van der Waals surface area contributed by atoms with Gasteiger partial charge >= 0.3 is 0 Å². The summed E-state index contributed by atoms with van der Waals surface area (Å²) in [6.07, 6.45) is 1.76. The summed E-state index contributed by atoms with van der Waals surface area (Å²) >= 11 is 5.94. The van der Waals surface area contributed by atoms with Crippen molar-refractivity contribution in [3.8, 4) is 0 Å². The van der Waals surface area contributed by atoms with E-state index >= 15 is 0 Å². The normalized spacial score (nSPS) is 11.2. The fourth-order valence-electron chi connectivity index (χ4n) is 1.68. The summed E-state index contributed by atoms with van der Waals surface area (Å²) in [7, 11) is 4.18. The number of aromatic nitrogens is 1. The lowest BCUT2D eigenvalue weighted by molar-refractivity contribution is 0.409. The van der Waals surface area contributed by atoms with Crippen LogP contribution in [0.4, 0.5) is 5.69 Å². The molecule has 0 aliphatic carbocycles. The van der Waals surface area contributed by atoms with E-state index in [4.69, 9.17) is 11.6 Å². The van der Waals surface area contributed by atoms with E-state index in [-0.39, 0.29) is 0 Å². The number of nitrogens with zero attached hydrogens (tertiary/aromatic N) is 3. The third-order valence-corrected chi connectivity index (χ3v) is 2.68. The fourth-order valence-corrected chi connectivity index (χ4v) is 1.84. The molecular weight excluding hydrogens is 234 g/mol. The molecule has 3 nitrogen and oxygen atoms in total. The summed E-state index contributed by atoms with van der Waals surface area (Å²) in [5.74, 6) is 0.629. The van der Waals surface area contributed by atoms with Crippen molar-refractivity contribution in [1.29, 1.82) is 0 Å². The first kappa shape index (κ1) is 14.3. The first-order chi connectivity index (χ1) is 7.99. The van der Waals surface area contributed by atoms with Crippen LogP contribution in [0.15, 0.2) is 18.3 Å². The zero-order valence-corrected chi connectivity index (χ0v) is 11.9. The number of hydrogen-bond donors (Lipinski definition) is 0. The van der Waals surface area contributed by atoms with Crippen molar-refractivity contribution in [2.24, 2.45) is 5.92 Å². The third-order valence-electron chi connectivity index (χ3n) is 2.48. The lowest BCUT2D eigenvalue weighted by Crippen LogP contribution is -2.34. The molecule has 1 aromatic rings. The Kier molecular flexibility index (Phi) is 5.72. The highest BCUT2D eigenvalue weighted by molar-refractivity contribution is 6.29. The van der Waals surface area contributed by atoms with Gasteiger partial charge in [0.05, 0.1) is 0 Å². The highest BCUT2D eigenvalue weighted by Crippen LogP contribution is 2.18. The molecule has 0 radical (unpaired) electrons. The molecule has 0 saturated carbocycles. The molecule has 0 fully saturated rings. The van der Waals surface area contributed by atoms with Crippen LogP contribution in [0, 0.1) is 5.92 Å². The van der Waals surface area contributed by atoms with Crippen LogP contribution < -0.4 is 4.90 Å². The van der Waals surface area contributed by atoms with Gasteiger partial charge in [0.2, 0.25) is 0 Å². The molecule has 1 aromatic heterocycles. The van der Waals surface area contributed by atoms with Crippen LogP contribution in [0.1, 0.15) is 13.8 Å². The van der Waals surface area contributed by atoms with E-state index in [2.05, 4.69) is 42.7 Å². The zero-order valence-electron chi connectivity index (χ0n) is 11.2.